The van der Waals surface area contributed by atoms with Crippen molar-refractivity contribution >= 4 is 40.0 Å². The van der Waals surface area contributed by atoms with Crippen LogP contribution < -0.4 is 15.8 Å². The van der Waals surface area contributed by atoms with Gasteiger partial charge in [-0.1, -0.05) is 26.0 Å². The molecule has 3 N–H and O–H groups in total. The number of halogens is 4. The molecule has 12 heteroatoms. The molecule has 0 bridgehead atoms. The zero-order valence-corrected chi connectivity index (χ0v) is 18.1. The Kier molecular flexibility index (Phi) is 11.0. The second-order valence-electron chi connectivity index (χ2n) is 5.22. The van der Waals surface area contributed by atoms with E-state index in [0.717, 1.165) is 0 Å². The normalized spacial score (nSPS) is 12.6. The minimum Gasteiger partial charge on any atom is -0.406 e. The molecule has 0 saturated heterocycles. The lowest BCUT2D eigenvalue weighted by molar-refractivity contribution is -0.274. The first-order valence-corrected chi connectivity index (χ1v) is 9.54. The molecule has 0 spiro atoms. The highest BCUT2D eigenvalue weighted by Gasteiger charge is 2.30. The molecule has 0 radical (unpaired) electrons. The summed E-state index contributed by atoms with van der Waals surface area (Å²) in [6.45, 7) is 4.55. The summed E-state index contributed by atoms with van der Waals surface area (Å²) >= 11 is 0. The zero-order chi connectivity index (χ0) is 19.8. The van der Waals surface area contributed by atoms with Crippen molar-refractivity contribution in [2.45, 2.75) is 26.8 Å². The summed E-state index contributed by atoms with van der Waals surface area (Å²) in [5.74, 6) is -0.387. The molecular weight excluding hydrogens is 500 g/mol. The monoisotopic (exact) mass is 524 g/mol. The first kappa shape index (κ1) is 25.7. The number of rotatable bonds is 9. The summed E-state index contributed by atoms with van der Waals surface area (Å²) in [5, 5.41) is 2.70. The quantitative estimate of drug-likeness (QED) is 0.294. The van der Waals surface area contributed by atoms with Gasteiger partial charge in [-0.15, -0.1) is 37.1 Å². The van der Waals surface area contributed by atoms with Crippen molar-refractivity contribution in [1.29, 1.82) is 0 Å². The van der Waals surface area contributed by atoms with Crippen LogP contribution in [-0.4, -0.2) is 50.4 Å². The van der Waals surface area contributed by atoms with E-state index in [2.05, 4.69) is 15.0 Å². The van der Waals surface area contributed by atoms with Crippen LogP contribution in [0.25, 0.3) is 0 Å². The van der Waals surface area contributed by atoms with Crippen molar-refractivity contribution in [3.8, 4) is 5.75 Å². The Morgan fingerprint density at radius 1 is 1.22 bits per heavy atom. The van der Waals surface area contributed by atoms with E-state index in [4.69, 9.17) is 5.73 Å². The molecule has 0 amide bonds. The first-order valence-electron chi connectivity index (χ1n) is 7.93. The molecule has 0 fully saturated rings. The topological polar surface area (TPSA) is 97.0 Å². The Morgan fingerprint density at radius 3 is 2.26 bits per heavy atom. The van der Waals surface area contributed by atoms with Gasteiger partial charge in [0.2, 0.25) is 10.0 Å². The van der Waals surface area contributed by atoms with Crippen LogP contribution in [0.1, 0.15) is 19.4 Å². The Bertz CT molecular complexity index is 693. The second kappa shape index (κ2) is 11.5. The van der Waals surface area contributed by atoms with E-state index in [1.807, 2.05) is 0 Å². The summed E-state index contributed by atoms with van der Waals surface area (Å²) in [6.07, 6.45) is -4.74. The molecule has 0 unspecified atom stereocenters. The van der Waals surface area contributed by atoms with Crippen molar-refractivity contribution in [1.82, 2.24) is 9.62 Å². The molecule has 27 heavy (non-hydrogen) atoms. The van der Waals surface area contributed by atoms with E-state index in [1.165, 1.54) is 28.6 Å². The Balaban J connectivity index is 0.00000676. The average molecular weight is 524 g/mol. The van der Waals surface area contributed by atoms with Crippen LogP contribution in [0.3, 0.4) is 0 Å². The number of benzene rings is 1. The van der Waals surface area contributed by atoms with Gasteiger partial charge in [0.15, 0.2) is 5.96 Å². The van der Waals surface area contributed by atoms with E-state index in [0.29, 0.717) is 18.7 Å². The smallest absolute Gasteiger partial charge is 0.406 e. The summed E-state index contributed by atoms with van der Waals surface area (Å²) in [7, 11) is -3.35. The third-order valence-corrected chi connectivity index (χ3v) is 5.38. The van der Waals surface area contributed by atoms with Gasteiger partial charge in [0.25, 0.3) is 0 Å². The van der Waals surface area contributed by atoms with E-state index in [-0.39, 0.29) is 54.5 Å². The number of hydrogen-bond acceptors (Lipinski definition) is 4. The van der Waals surface area contributed by atoms with Crippen LogP contribution in [0.15, 0.2) is 29.3 Å². The molecule has 156 valence electrons. The summed E-state index contributed by atoms with van der Waals surface area (Å²) in [5.41, 5.74) is 6.29. The molecule has 1 aromatic rings. The minimum atomic E-state index is -4.74. The number of nitrogens with one attached hydrogen (secondary N) is 1. The number of sulfonamides is 1. The average Bonchev–Trinajstić information content (AvgIpc) is 2.53. The number of guanidine groups is 1. The molecule has 0 atom stereocenters. The zero-order valence-electron chi connectivity index (χ0n) is 15.0. The molecule has 0 aliphatic heterocycles. The standard InChI is InChI=1S/C15H23F3N4O3S.HI/c1-3-22(4-2)26(23,24)10-9-20-14(19)21-11-12-5-7-13(8-6-12)25-15(16,17)18;/h5-8H,3-4,9-11H2,1-2H3,(H3,19,20,21);1H. The van der Waals surface area contributed by atoms with Crippen LogP contribution in [0, 0.1) is 0 Å². The largest absolute Gasteiger partial charge is 0.573 e. The van der Waals surface area contributed by atoms with Crippen LogP contribution in [-0.2, 0) is 16.6 Å². The molecule has 0 saturated carbocycles. The van der Waals surface area contributed by atoms with E-state index in [9.17, 15) is 21.6 Å². The number of alkyl halides is 3. The maximum Gasteiger partial charge on any atom is 0.573 e. The van der Waals surface area contributed by atoms with Crippen molar-refractivity contribution in [2.75, 3.05) is 25.4 Å². The number of nitrogens with two attached hydrogens (primary N) is 1. The fourth-order valence-corrected chi connectivity index (χ4v) is 3.49. The van der Waals surface area contributed by atoms with Gasteiger partial charge in [-0.3, -0.25) is 0 Å². The molecule has 1 rings (SSSR count). The second-order valence-corrected chi connectivity index (χ2v) is 7.31. The van der Waals surface area contributed by atoms with E-state index in [1.54, 1.807) is 13.8 Å². The maximum absolute atomic E-state index is 12.1. The third-order valence-electron chi connectivity index (χ3n) is 3.35. The van der Waals surface area contributed by atoms with Crippen molar-refractivity contribution in [3.63, 3.8) is 0 Å². The number of nitrogens with zero attached hydrogens (tertiary/aromatic N) is 2. The molecule has 0 aromatic heterocycles. The Hall–Kier alpha value is -1.28. The minimum absolute atomic E-state index is 0. The molecule has 7 nitrogen and oxygen atoms in total. The van der Waals surface area contributed by atoms with Gasteiger partial charge in [0.05, 0.1) is 12.3 Å². The summed E-state index contributed by atoms with van der Waals surface area (Å²) in [6, 6.07) is 5.22. The highest BCUT2D eigenvalue weighted by molar-refractivity contribution is 14.0. The van der Waals surface area contributed by atoms with Gasteiger partial charge in [0, 0.05) is 19.6 Å². The van der Waals surface area contributed by atoms with Crippen LogP contribution >= 0.6 is 24.0 Å². The molecule has 0 heterocycles. The predicted molar refractivity (Wildman–Crippen MR) is 109 cm³/mol. The maximum atomic E-state index is 12.1. The van der Waals surface area contributed by atoms with Crippen molar-refractivity contribution in [3.05, 3.63) is 29.8 Å². The van der Waals surface area contributed by atoms with Gasteiger partial charge >= 0.3 is 6.36 Å². The molecule has 0 aliphatic rings. The predicted octanol–water partition coefficient (Wildman–Crippen LogP) is 2.28. The lowest BCUT2D eigenvalue weighted by atomic mass is 10.2. The van der Waals surface area contributed by atoms with Crippen LogP contribution in [0.2, 0.25) is 0 Å². The Labute approximate surface area is 174 Å². The van der Waals surface area contributed by atoms with Crippen LogP contribution in [0.5, 0.6) is 5.75 Å². The van der Waals surface area contributed by atoms with Gasteiger partial charge < -0.3 is 15.8 Å². The van der Waals surface area contributed by atoms with Crippen molar-refractivity contribution in [2.24, 2.45) is 10.7 Å². The van der Waals surface area contributed by atoms with Gasteiger partial charge in [0.1, 0.15) is 5.75 Å². The summed E-state index contributed by atoms with van der Waals surface area (Å²) < 4.78 is 65.4. The lowest BCUT2D eigenvalue weighted by Crippen LogP contribution is -2.39. The lowest BCUT2D eigenvalue weighted by Gasteiger charge is -2.18. The van der Waals surface area contributed by atoms with Gasteiger partial charge in [-0.05, 0) is 17.7 Å². The fraction of sp³-hybridized carbons (Fsp3) is 0.533. The Morgan fingerprint density at radius 2 is 1.78 bits per heavy atom. The third kappa shape index (κ3) is 10.0. The fourth-order valence-electron chi connectivity index (χ4n) is 2.08. The number of ether oxygens (including phenoxy) is 1. The summed E-state index contributed by atoms with van der Waals surface area (Å²) in [4.78, 5) is 4.02. The van der Waals surface area contributed by atoms with E-state index < -0.39 is 16.4 Å². The van der Waals surface area contributed by atoms with Crippen LogP contribution in [0.4, 0.5) is 13.2 Å². The molecular formula is C15H24F3IN4O3S. The van der Waals surface area contributed by atoms with Gasteiger partial charge in [-0.2, -0.15) is 0 Å². The molecule has 0 aliphatic carbocycles. The SMILES string of the molecule is CCN(CC)S(=O)(=O)CCNC(N)=NCc1ccc(OC(F)(F)F)cc1.I. The van der Waals surface area contributed by atoms with Crippen molar-refractivity contribution < 1.29 is 26.3 Å². The highest BCUT2D eigenvalue weighted by Crippen LogP contribution is 2.22. The first-order chi connectivity index (χ1) is 12.1. The molecule has 1 aromatic carbocycles. The van der Waals surface area contributed by atoms with Gasteiger partial charge in [-0.25, -0.2) is 17.7 Å². The highest BCUT2D eigenvalue weighted by atomic mass is 127. The number of aliphatic imine (C=N–C) groups is 1. The van der Waals surface area contributed by atoms with E-state index >= 15 is 0 Å². The number of hydrogen-bond donors (Lipinski definition) is 2.